The molecule has 3 rings (SSSR count). The minimum absolute atomic E-state index is 0.130. The van der Waals surface area contributed by atoms with Gasteiger partial charge in [-0.15, -0.1) is 0 Å². The van der Waals surface area contributed by atoms with Gasteiger partial charge in [-0.1, -0.05) is 6.07 Å². The van der Waals surface area contributed by atoms with Gasteiger partial charge in [0.05, 0.1) is 6.42 Å². The average Bonchev–Trinajstić information content (AvgIpc) is 3.05. The lowest BCUT2D eigenvalue weighted by molar-refractivity contribution is -0.132. The van der Waals surface area contributed by atoms with Crippen LogP contribution in [0.25, 0.3) is 0 Å². The van der Waals surface area contributed by atoms with Crippen LogP contribution in [0.4, 0.5) is 8.78 Å². The van der Waals surface area contributed by atoms with E-state index in [9.17, 15) is 13.6 Å². The lowest BCUT2D eigenvalue weighted by Crippen LogP contribution is -2.52. The maximum absolute atomic E-state index is 13.6. The van der Waals surface area contributed by atoms with Crippen molar-refractivity contribution in [3.63, 3.8) is 0 Å². The molecule has 1 amide bonds. The van der Waals surface area contributed by atoms with Crippen LogP contribution < -0.4 is 5.32 Å². The van der Waals surface area contributed by atoms with E-state index in [0.29, 0.717) is 19.1 Å². The SMILES string of the molecule is O=C(Cc1c(F)cccc1F)N1CCN(C2CCNC2)CC1. The summed E-state index contributed by atoms with van der Waals surface area (Å²) in [6.07, 6.45) is 0.942. The molecular weight excluding hydrogens is 288 g/mol. The standard InChI is InChI=1S/C16H21F2N3O/c17-14-2-1-3-15(18)13(14)10-16(22)21-8-6-20(7-9-21)12-4-5-19-11-12/h1-3,12,19H,4-11H2. The third-order valence-corrected chi connectivity index (χ3v) is 4.61. The van der Waals surface area contributed by atoms with Gasteiger partial charge >= 0.3 is 0 Å². The molecule has 2 aliphatic rings. The van der Waals surface area contributed by atoms with Gasteiger partial charge in [0.2, 0.25) is 5.91 Å². The smallest absolute Gasteiger partial charge is 0.227 e. The zero-order chi connectivity index (χ0) is 15.5. The third kappa shape index (κ3) is 3.28. The number of rotatable bonds is 3. The Morgan fingerprint density at radius 3 is 2.45 bits per heavy atom. The number of carbonyl (C=O) groups excluding carboxylic acids is 1. The second-order valence-corrected chi connectivity index (χ2v) is 5.94. The van der Waals surface area contributed by atoms with E-state index >= 15 is 0 Å². The molecule has 1 unspecified atom stereocenters. The Morgan fingerprint density at radius 1 is 1.18 bits per heavy atom. The predicted molar refractivity (Wildman–Crippen MR) is 79.5 cm³/mol. The summed E-state index contributed by atoms with van der Waals surface area (Å²) in [6.45, 7) is 4.98. The van der Waals surface area contributed by atoms with Crippen molar-refractivity contribution in [2.24, 2.45) is 0 Å². The first kappa shape index (κ1) is 15.4. The van der Waals surface area contributed by atoms with Crippen LogP contribution in [0.2, 0.25) is 0 Å². The fourth-order valence-corrected chi connectivity index (χ4v) is 3.25. The molecule has 0 bridgehead atoms. The van der Waals surface area contributed by atoms with Gasteiger partial charge in [-0.25, -0.2) is 8.78 Å². The summed E-state index contributed by atoms with van der Waals surface area (Å²) in [4.78, 5) is 16.4. The van der Waals surface area contributed by atoms with Crippen molar-refractivity contribution in [3.8, 4) is 0 Å². The molecule has 0 saturated carbocycles. The van der Waals surface area contributed by atoms with Gasteiger partial charge in [-0.3, -0.25) is 9.69 Å². The summed E-state index contributed by atoms with van der Waals surface area (Å²) in [7, 11) is 0. The van der Waals surface area contributed by atoms with Gasteiger partial charge in [0.15, 0.2) is 0 Å². The van der Waals surface area contributed by atoms with E-state index in [1.54, 1.807) is 4.90 Å². The number of nitrogens with one attached hydrogen (secondary N) is 1. The van der Waals surface area contributed by atoms with Crippen molar-refractivity contribution in [1.29, 1.82) is 0 Å². The van der Waals surface area contributed by atoms with Crippen LogP contribution in [0.1, 0.15) is 12.0 Å². The van der Waals surface area contributed by atoms with E-state index in [0.717, 1.165) is 32.6 Å². The number of hydrogen-bond donors (Lipinski definition) is 1. The molecule has 1 aromatic carbocycles. The number of piperazine rings is 1. The minimum Gasteiger partial charge on any atom is -0.340 e. The maximum atomic E-state index is 13.6. The van der Waals surface area contributed by atoms with Gasteiger partial charge in [-0.2, -0.15) is 0 Å². The Labute approximate surface area is 129 Å². The molecule has 2 heterocycles. The van der Waals surface area contributed by atoms with Crippen LogP contribution in [0, 0.1) is 11.6 Å². The highest BCUT2D eigenvalue weighted by Crippen LogP contribution is 2.16. The van der Waals surface area contributed by atoms with E-state index in [1.165, 1.54) is 18.2 Å². The molecule has 120 valence electrons. The van der Waals surface area contributed by atoms with Crippen LogP contribution in [-0.2, 0) is 11.2 Å². The second-order valence-electron chi connectivity index (χ2n) is 5.94. The highest BCUT2D eigenvalue weighted by atomic mass is 19.1. The predicted octanol–water partition coefficient (Wildman–Crippen LogP) is 1.01. The zero-order valence-corrected chi connectivity index (χ0v) is 12.5. The molecule has 1 aromatic rings. The summed E-state index contributed by atoms with van der Waals surface area (Å²) in [5.41, 5.74) is -0.130. The Balaban J connectivity index is 1.55. The molecule has 1 atom stereocenters. The monoisotopic (exact) mass is 309 g/mol. The molecule has 1 N–H and O–H groups in total. The minimum atomic E-state index is -0.649. The lowest BCUT2D eigenvalue weighted by atomic mass is 10.1. The molecule has 6 heteroatoms. The van der Waals surface area contributed by atoms with Crippen LogP contribution in [0.3, 0.4) is 0 Å². The molecule has 0 spiro atoms. The van der Waals surface area contributed by atoms with Gasteiger partial charge in [0, 0.05) is 44.3 Å². The van der Waals surface area contributed by atoms with Crippen molar-refractivity contribution in [2.45, 2.75) is 18.9 Å². The van der Waals surface area contributed by atoms with Crippen LogP contribution in [-0.4, -0.2) is 61.0 Å². The number of hydrogen-bond acceptors (Lipinski definition) is 3. The Bertz CT molecular complexity index is 518. The summed E-state index contributed by atoms with van der Waals surface area (Å²) in [5, 5.41) is 3.34. The first-order valence-corrected chi connectivity index (χ1v) is 7.80. The number of nitrogens with zero attached hydrogens (tertiary/aromatic N) is 2. The molecule has 4 nitrogen and oxygen atoms in total. The van der Waals surface area contributed by atoms with Crippen molar-refractivity contribution in [1.82, 2.24) is 15.1 Å². The fraction of sp³-hybridized carbons (Fsp3) is 0.562. The summed E-state index contributed by atoms with van der Waals surface area (Å²) < 4.78 is 27.2. The van der Waals surface area contributed by atoms with E-state index in [1.807, 2.05) is 0 Å². The number of halogens is 2. The highest BCUT2D eigenvalue weighted by Gasteiger charge is 2.28. The summed E-state index contributed by atoms with van der Waals surface area (Å²) in [5.74, 6) is -1.50. The van der Waals surface area contributed by atoms with Crippen molar-refractivity contribution in [3.05, 3.63) is 35.4 Å². The second kappa shape index (κ2) is 6.71. The first-order chi connectivity index (χ1) is 10.6. The van der Waals surface area contributed by atoms with Gasteiger partial charge in [0.1, 0.15) is 11.6 Å². The Morgan fingerprint density at radius 2 is 1.86 bits per heavy atom. The average molecular weight is 309 g/mol. The molecule has 0 radical (unpaired) electrons. The Kier molecular flexibility index (Phi) is 4.69. The quantitative estimate of drug-likeness (QED) is 0.905. The molecule has 2 fully saturated rings. The normalized spacial score (nSPS) is 23.0. The number of amides is 1. The molecule has 0 aliphatic carbocycles. The largest absolute Gasteiger partial charge is 0.340 e. The molecule has 2 aliphatic heterocycles. The van der Waals surface area contributed by atoms with Crippen molar-refractivity contribution >= 4 is 5.91 Å². The summed E-state index contributed by atoms with van der Waals surface area (Å²) in [6, 6.07) is 4.25. The molecule has 2 saturated heterocycles. The number of carbonyl (C=O) groups is 1. The van der Waals surface area contributed by atoms with Crippen LogP contribution in [0.15, 0.2) is 18.2 Å². The zero-order valence-electron chi connectivity index (χ0n) is 12.5. The van der Waals surface area contributed by atoms with E-state index in [2.05, 4.69) is 10.2 Å². The molecular formula is C16H21F2N3O. The Hall–Kier alpha value is -1.53. The fourth-order valence-electron chi connectivity index (χ4n) is 3.25. The molecule has 22 heavy (non-hydrogen) atoms. The van der Waals surface area contributed by atoms with Crippen LogP contribution in [0.5, 0.6) is 0 Å². The van der Waals surface area contributed by atoms with E-state index in [-0.39, 0.29) is 17.9 Å². The first-order valence-electron chi connectivity index (χ1n) is 7.80. The van der Waals surface area contributed by atoms with Crippen molar-refractivity contribution < 1.29 is 13.6 Å². The van der Waals surface area contributed by atoms with Gasteiger partial charge in [-0.05, 0) is 25.1 Å². The third-order valence-electron chi connectivity index (χ3n) is 4.61. The highest BCUT2D eigenvalue weighted by molar-refractivity contribution is 5.79. The van der Waals surface area contributed by atoms with E-state index < -0.39 is 11.6 Å². The van der Waals surface area contributed by atoms with Crippen molar-refractivity contribution in [2.75, 3.05) is 39.3 Å². The molecule has 0 aromatic heterocycles. The topological polar surface area (TPSA) is 35.6 Å². The van der Waals surface area contributed by atoms with Gasteiger partial charge in [0.25, 0.3) is 0 Å². The van der Waals surface area contributed by atoms with E-state index in [4.69, 9.17) is 0 Å². The summed E-state index contributed by atoms with van der Waals surface area (Å²) >= 11 is 0. The number of benzene rings is 1. The maximum Gasteiger partial charge on any atom is 0.227 e. The van der Waals surface area contributed by atoms with Gasteiger partial charge < -0.3 is 10.2 Å². The lowest BCUT2D eigenvalue weighted by Gasteiger charge is -2.37. The van der Waals surface area contributed by atoms with Crippen LogP contribution >= 0.6 is 0 Å².